The highest BCUT2D eigenvalue weighted by atomic mass is 32.2. The summed E-state index contributed by atoms with van der Waals surface area (Å²) < 4.78 is 37.3. The summed E-state index contributed by atoms with van der Waals surface area (Å²) in [7, 11) is -6.63. The number of hydrogen-bond acceptors (Lipinski definition) is 3. The van der Waals surface area contributed by atoms with Crippen molar-refractivity contribution in [2.45, 2.75) is 64.8 Å². The minimum atomic E-state index is -3.72. The first kappa shape index (κ1) is 31.0. The lowest BCUT2D eigenvalue weighted by molar-refractivity contribution is 0.347. The van der Waals surface area contributed by atoms with Crippen molar-refractivity contribution in [2.24, 2.45) is 11.8 Å². The van der Waals surface area contributed by atoms with Gasteiger partial charge in [0.2, 0.25) is 10.0 Å². The predicted octanol–water partition coefficient (Wildman–Crippen LogP) is 7.07. The second-order valence-corrected chi connectivity index (χ2v) is 18.9. The summed E-state index contributed by atoms with van der Waals surface area (Å²) in [6, 6.07) is 28.4. The maximum absolute atomic E-state index is 14.0. The van der Waals surface area contributed by atoms with Gasteiger partial charge in [-0.15, -0.1) is 0 Å². The van der Waals surface area contributed by atoms with E-state index in [2.05, 4.69) is 89.7 Å². The molecule has 0 amide bonds. The van der Waals surface area contributed by atoms with Crippen molar-refractivity contribution in [2.75, 3.05) is 13.1 Å². The molecule has 0 aromatic heterocycles. The van der Waals surface area contributed by atoms with Crippen LogP contribution < -0.4 is 10.4 Å². The van der Waals surface area contributed by atoms with Crippen LogP contribution in [0.2, 0.25) is 5.04 Å². The zero-order valence-electron chi connectivity index (χ0n) is 25.6. The van der Waals surface area contributed by atoms with Crippen LogP contribution in [0.1, 0.15) is 53.5 Å². The standard InChI is InChI=1S/C35H45NO3SSi/c1-26(2)29-23-34(33(27(3)4)25-36(24-29)40(37,38)30-21-19-28(5)20-22-30)39-41(35(6,7)8,31-15-11-9-12-16-31)32-17-13-10-14-18-32/h9-22,27,29H,1,23-25H2,2-8H3/t29-/m1/s1. The van der Waals surface area contributed by atoms with E-state index >= 15 is 0 Å². The molecule has 0 saturated carbocycles. The Morgan fingerprint density at radius 1 is 0.927 bits per heavy atom. The van der Waals surface area contributed by atoms with Gasteiger partial charge < -0.3 is 4.43 Å². The van der Waals surface area contributed by atoms with Gasteiger partial charge in [-0.1, -0.05) is 125 Å². The molecule has 4 nitrogen and oxygen atoms in total. The van der Waals surface area contributed by atoms with Gasteiger partial charge in [-0.3, -0.25) is 0 Å². The maximum Gasteiger partial charge on any atom is 0.319 e. The van der Waals surface area contributed by atoms with Gasteiger partial charge in [0, 0.05) is 25.4 Å². The van der Waals surface area contributed by atoms with Crippen LogP contribution in [-0.4, -0.2) is 34.1 Å². The first-order chi connectivity index (χ1) is 19.3. The van der Waals surface area contributed by atoms with Gasteiger partial charge in [0.1, 0.15) is 0 Å². The molecule has 3 aromatic carbocycles. The fourth-order valence-electron chi connectivity index (χ4n) is 5.83. The average molecular weight is 588 g/mol. The van der Waals surface area contributed by atoms with Crippen LogP contribution in [0.15, 0.2) is 113 Å². The first-order valence-corrected chi connectivity index (χ1v) is 17.9. The number of nitrogens with zero attached hydrogens (tertiary/aromatic N) is 1. The molecule has 41 heavy (non-hydrogen) atoms. The van der Waals surface area contributed by atoms with Crippen LogP contribution >= 0.6 is 0 Å². The second-order valence-electron chi connectivity index (χ2n) is 12.7. The smallest absolute Gasteiger partial charge is 0.319 e. The Kier molecular flexibility index (Phi) is 9.17. The molecule has 1 aliphatic heterocycles. The van der Waals surface area contributed by atoms with Crippen molar-refractivity contribution < 1.29 is 12.8 Å². The van der Waals surface area contributed by atoms with Crippen molar-refractivity contribution in [1.29, 1.82) is 0 Å². The Balaban J connectivity index is 1.93. The van der Waals surface area contributed by atoms with Crippen LogP contribution in [0.3, 0.4) is 0 Å². The normalized spacial score (nSPS) is 17.4. The van der Waals surface area contributed by atoms with Gasteiger partial charge in [0.05, 0.1) is 10.7 Å². The lowest BCUT2D eigenvalue weighted by atomic mass is 9.95. The molecule has 1 aliphatic rings. The lowest BCUT2D eigenvalue weighted by Gasteiger charge is -2.44. The largest absolute Gasteiger partial charge is 0.537 e. The third kappa shape index (κ3) is 6.30. The minimum Gasteiger partial charge on any atom is -0.537 e. The molecule has 6 heteroatoms. The number of rotatable bonds is 8. The van der Waals surface area contributed by atoms with E-state index < -0.39 is 18.3 Å². The molecule has 3 aromatic rings. The van der Waals surface area contributed by atoms with Crippen molar-refractivity contribution in [3.63, 3.8) is 0 Å². The summed E-state index contributed by atoms with van der Waals surface area (Å²) >= 11 is 0. The Labute approximate surface area is 249 Å². The van der Waals surface area contributed by atoms with E-state index in [4.69, 9.17) is 4.43 Å². The molecule has 0 fully saturated rings. The summed E-state index contributed by atoms with van der Waals surface area (Å²) in [5.41, 5.74) is 3.03. The predicted molar refractivity (Wildman–Crippen MR) is 173 cm³/mol. The molecule has 218 valence electrons. The SMILES string of the molecule is C=C(C)[C@@H]1CC(O[Si](c2ccccc2)(c2ccccc2)C(C)(C)C)=C(C(C)C)CN(S(=O)(=O)c2ccc(C)cc2)C1. The second kappa shape index (κ2) is 12.1. The van der Waals surface area contributed by atoms with E-state index in [1.54, 1.807) is 16.4 Å². The quantitative estimate of drug-likeness (QED) is 0.209. The molecule has 0 saturated heterocycles. The van der Waals surface area contributed by atoms with E-state index in [1.165, 1.54) is 10.4 Å². The molecule has 0 N–H and O–H groups in total. The van der Waals surface area contributed by atoms with Crippen LogP contribution in [0.5, 0.6) is 0 Å². The summed E-state index contributed by atoms with van der Waals surface area (Å²) in [6.07, 6.45) is 0.618. The van der Waals surface area contributed by atoms with E-state index in [1.807, 2.05) is 38.1 Å². The highest BCUT2D eigenvalue weighted by molar-refractivity contribution is 7.89. The highest BCUT2D eigenvalue weighted by Gasteiger charge is 2.53. The third-order valence-electron chi connectivity index (χ3n) is 8.31. The summed E-state index contributed by atoms with van der Waals surface area (Å²) in [4.78, 5) is 0.322. The molecular weight excluding hydrogens is 543 g/mol. The molecule has 0 unspecified atom stereocenters. The summed E-state index contributed by atoms with van der Waals surface area (Å²) in [5, 5.41) is 2.20. The number of hydrogen-bond donors (Lipinski definition) is 0. The van der Waals surface area contributed by atoms with Crippen molar-refractivity contribution in [3.05, 3.63) is 114 Å². The first-order valence-electron chi connectivity index (χ1n) is 14.5. The fourth-order valence-corrected chi connectivity index (χ4v) is 11.8. The van der Waals surface area contributed by atoms with E-state index in [-0.39, 0.29) is 16.9 Å². The number of benzene rings is 3. The maximum atomic E-state index is 14.0. The van der Waals surface area contributed by atoms with Gasteiger partial charge in [-0.05, 0) is 52.9 Å². The summed E-state index contributed by atoms with van der Waals surface area (Å²) in [6.45, 7) is 20.0. The Hall–Kier alpha value is -2.93. The number of sulfonamides is 1. The van der Waals surface area contributed by atoms with E-state index in [9.17, 15) is 8.42 Å². The van der Waals surface area contributed by atoms with Gasteiger partial charge in [0.25, 0.3) is 0 Å². The molecule has 0 spiro atoms. The lowest BCUT2D eigenvalue weighted by Crippen LogP contribution is -2.66. The molecular formula is C35H45NO3SSi. The van der Waals surface area contributed by atoms with Crippen LogP contribution in [-0.2, 0) is 14.4 Å². The molecule has 0 bridgehead atoms. The van der Waals surface area contributed by atoms with Gasteiger partial charge in [-0.2, -0.15) is 4.31 Å². The zero-order valence-corrected chi connectivity index (χ0v) is 27.5. The van der Waals surface area contributed by atoms with Gasteiger partial charge in [-0.25, -0.2) is 8.42 Å². The third-order valence-corrected chi connectivity index (χ3v) is 15.1. The Morgan fingerprint density at radius 2 is 1.44 bits per heavy atom. The Bertz CT molecular complexity index is 1450. The minimum absolute atomic E-state index is 0.0697. The number of allylic oxidation sites excluding steroid dienone is 1. The van der Waals surface area contributed by atoms with Crippen molar-refractivity contribution >= 4 is 28.7 Å². The van der Waals surface area contributed by atoms with Gasteiger partial charge >= 0.3 is 8.32 Å². The van der Waals surface area contributed by atoms with Gasteiger partial charge in [0.15, 0.2) is 0 Å². The molecule has 4 rings (SSSR count). The van der Waals surface area contributed by atoms with E-state index in [0.29, 0.717) is 24.4 Å². The monoisotopic (exact) mass is 587 g/mol. The van der Waals surface area contributed by atoms with Crippen molar-refractivity contribution in [3.8, 4) is 0 Å². The molecule has 0 aliphatic carbocycles. The topological polar surface area (TPSA) is 46.6 Å². The average Bonchev–Trinajstić information content (AvgIpc) is 3.13. The highest BCUT2D eigenvalue weighted by Crippen LogP contribution is 2.42. The molecule has 1 heterocycles. The Morgan fingerprint density at radius 3 is 1.88 bits per heavy atom. The summed E-state index contributed by atoms with van der Waals surface area (Å²) in [5.74, 6) is 0.950. The molecule has 1 atom stereocenters. The molecule has 0 radical (unpaired) electrons. The fraction of sp³-hybridized carbons (Fsp3) is 0.371. The van der Waals surface area contributed by atoms with E-state index in [0.717, 1.165) is 22.5 Å². The van der Waals surface area contributed by atoms with Crippen molar-refractivity contribution in [1.82, 2.24) is 4.31 Å². The number of aryl methyl sites for hydroxylation is 1. The van der Waals surface area contributed by atoms with Crippen LogP contribution in [0.25, 0.3) is 0 Å². The van der Waals surface area contributed by atoms with Crippen LogP contribution in [0.4, 0.5) is 0 Å². The zero-order chi connectivity index (χ0) is 30.0. The van der Waals surface area contributed by atoms with Crippen LogP contribution in [0, 0.1) is 18.8 Å².